The van der Waals surface area contributed by atoms with Gasteiger partial charge < -0.3 is 10.4 Å². The average molecular weight is 333 g/mol. The summed E-state index contributed by atoms with van der Waals surface area (Å²) in [6.45, 7) is 6.13. The molecule has 2 heterocycles. The molecule has 0 bridgehead atoms. The molecule has 0 saturated heterocycles. The van der Waals surface area contributed by atoms with Gasteiger partial charge in [-0.05, 0) is 38.5 Å². The van der Waals surface area contributed by atoms with Crippen molar-refractivity contribution in [1.29, 1.82) is 0 Å². The number of nitrogens with zero attached hydrogens (tertiary/aromatic N) is 1. The molecule has 0 atom stereocenters. The zero-order valence-electron chi connectivity index (χ0n) is 12.6. The highest BCUT2D eigenvalue weighted by Gasteiger charge is 2.12. The molecule has 0 aliphatic heterocycles. The maximum atomic E-state index is 10.3. The maximum absolute atomic E-state index is 10.3. The summed E-state index contributed by atoms with van der Waals surface area (Å²) in [5.41, 5.74) is 3.29. The van der Waals surface area contributed by atoms with E-state index in [-0.39, 0.29) is 5.75 Å². The summed E-state index contributed by atoms with van der Waals surface area (Å²) in [5, 5.41) is 18.0. The van der Waals surface area contributed by atoms with Gasteiger partial charge in [-0.1, -0.05) is 17.7 Å². The average Bonchev–Trinajstić information content (AvgIpc) is 2.90. The summed E-state index contributed by atoms with van der Waals surface area (Å²) in [6, 6.07) is 7.85. The molecule has 3 aromatic rings. The molecule has 0 spiro atoms. The van der Waals surface area contributed by atoms with Crippen LogP contribution in [0.3, 0.4) is 0 Å². The summed E-state index contributed by atoms with van der Waals surface area (Å²) >= 11 is 7.97. The standard InChI is InChI=1S/C17H17ClN2OS/c1-9(2)19-15-6-11(8-22-15)13-7-14(21)12-5-4-10(3)16(18)17(12)20-13/h4-9,19H,1-3H3,(H,20,21). The van der Waals surface area contributed by atoms with Crippen LogP contribution in [0.25, 0.3) is 22.2 Å². The van der Waals surface area contributed by atoms with E-state index < -0.39 is 0 Å². The predicted molar refractivity (Wildman–Crippen MR) is 95.2 cm³/mol. The SMILES string of the molecule is Cc1ccc2c(O)cc(-c3csc(NC(C)C)c3)nc2c1Cl. The molecule has 3 rings (SSSR count). The molecule has 5 heteroatoms. The lowest BCUT2D eigenvalue weighted by Crippen LogP contribution is -2.07. The van der Waals surface area contributed by atoms with E-state index in [1.54, 1.807) is 17.4 Å². The topological polar surface area (TPSA) is 45.1 Å². The molecule has 0 amide bonds. The second-order valence-corrected chi connectivity index (χ2v) is 6.91. The third-order valence-corrected chi connectivity index (χ3v) is 4.76. The van der Waals surface area contributed by atoms with E-state index in [0.717, 1.165) is 21.8 Å². The van der Waals surface area contributed by atoms with Gasteiger partial charge in [0.2, 0.25) is 0 Å². The highest BCUT2D eigenvalue weighted by molar-refractivity contribution is 7.14. The van der Waals surface area contributed by atoms with E-state index >= 15 is 0 Å². The van der Waals surface area contributed by atoms with Crippen LogP contribution in [0.5, 0.6) is 5.75 Å². The van der Waals surface area contributed by atoms with E-state index in [2.05, 4.69) is 24.1 Å². The Morgan fingerprint density at radius 1 is 1.27 bits per heavy atom. The molecule has 2 N–H and O–H groups in total. The largest absolute Gasteiger partial charge is 0.507 e. The van der Waals surface area contributed by atoms with Crippen LogP contribution in [0.15, 0.2) is 29.6 Å². The van der Waals surface area contributed by atoms with Gasteiger partial charge in [0.25, 0.3) is 0 Å². The summed E-state index contributed by atoms with van der Waals surface area (Å²) in [6.07, 6.45) is 0. The van der Waals surface area contributed by atoms with Gasteiger partial charge in [-0.25, -0.2) is 4.98 Å². The van der Waals surface area contributed by atoms with E-state index in [1.807, 2.05) is 30.5 Å². The first-order valence-electron chi connectivity index (χ1n) is 7.10. The van der Waals surface area contributed by atoms with Crippen molar-refractivity contribution in [2.24, 2.45) is 0 Å². The van der Waals surface area contributed by atoms with Crippen LogP contribution >= 0.6 is 22.9 Å². The first-order valence-corrected chi connectivity index (χ1v) is 8.35. The quantitative estimate of drug-likeness (QED) is 0.670. The predicted octanol–water partition coefficient (Wildman–Crippen LogP) is 5.45. The zero-order valence-corrected chi connectivity index (χ0v) is 14.2. The Balaban J connectivity index is 2.11. The Hall–Kier alpha value is -1.78. The van der Waals surface area contributed by atoms with Crippen LogP contribution in [-0.4, -0.2) is 16.1 Å². The van der Waals surface area contributed by atoms with Crippen molar-refractivity contribution in [2.45, 2.75) is 26.8 Å². The monoisotopic (exact) mass is 332 g/mol. The molecule has 2 aromatic heterocycles. The lowest BCUT2D eigenvalue weighted by molar-refractivity contribution is 0.481. The van der Waals surface area contributed by atoms with Crippen LogP contribution in [0.4, 0.5) is 5.00 Å². The van der Waals surface area contributed by atoms with Gasteiger partial charge in [0.05, 0.1) is 21.2 Å². The normalized spacial score (nSPS) is 11.3. The highest BCUT2D eigenvalue weighted by atomic mass is 35.5. The molecular weight excluding hydrogens is 316 g/mol. The Labute approximate surface area is 138 Å². The Kier molecular flexibility index (Phi) is 3.98. The molecule has 1 aromatic carbocycles. The fourth-order valence-corrected chi connectivity index (χ4v) is 3.47. The molecule has 114 valence electrons. The number of hydrogen-bond donors (Lipinski definition) is 2. The molecule has 3 nitrogen and oxygen atoms in total. The van der Waals surface area contributed by atoms with Crippen LogP contribution in [0.1, 0.15) is 19.4 Å². The van der Waals surface area contributed by atoms with Crippen molar-refractivity contribution in [2.75, 3.05) is 5.32 Å². The lowest BCUT2D eigenvalue weighted by atomic mass is 10.1. The van der Waals surface area contributed by atoms with Crippen molar-refractivity contribution in [3.63, 3.8) is 0 Å². The number of hydrogen-bond acceptors (Lipinski definition) is 4. The number of aromatic hydroxyl groups is 1. The summed E-state index contributed by atoms with van der Waals surface area (Å²) in [5.74, 6) is 0.200. The van der Waals surface area contributed by atoms with Gasteiger partial charge in [0, 0.05) is 28.4 Å². The second kappa shape index (κ2) is 5.78. The summed E-state index contributed by atoms with van der Waals surface area (Å²) in [4.78, 5) is 4.65. The first kappa shape index (κ1) is 15.1. The van der Waals surface area contributed by atoms with Crippen LogP contribution in [0.2, 0.25) is 5.02 Å². The van der Waals surface area contributed by atoms with E-state index in [9.17, 15) is 5.11 Å². The smallest absolute Gasteiger partial charge is 0.127 e. The number of pyridine rings is 1. The molecule has 0 unspecified atom stereocenters. The molecule has 0 fully saturated rings. The maximum Gasteiger partial charge on any atom is 0.127 e. The van der Waals surface area contributed by atoms with Crippen LogP contribution in [-0.2, 0) is 0 Å². The van der Waals surface area contributed by atoms with E-state index in [4.69, 9.17) is 11.6 Å². The molecule has 22 heavy (non-hydrogen) atoms. The van der Waals surface area contributed by atoms with Crippen LogP contribution in [0, 0.1) is 6.92 Å². The summed E-state index contributed by atoms with van der Waals surface area (Å²) < 4.78 is 0. The molecule has 0 aliphatic rings. The number of anilines is 1. The Morgan fingerprint density at radius 3 is 2.77 bits per heavy atom. The number of aryl methyl sites for hydroxylation is 1. The third kappa shape index (κ3) is 2.76. The van der Waals surface area contributed by atoms with Gasteiger partial charge in [0.15, 0.2) is 0 Å². The van der Waals surface area contributed by atoms with Gasteiger partial charge in [-0.15, -0.1) is 11.3 Å². The van der Waals surface area contributed by atoms with Crippen LogP contribution < -0.4 is 5.32 Å². The summed E-state index contributed by atoms with van der Waals surface area (Å²) in [7, 11) is 0. The molecule has 0 radical (unpaired) electrons. The number of benzene rings is 1. The van der Waals surface area contributed by atoms with Gasteiger partial charge >= 0.3 is 0 Å². The van der Waals surface area contributed by atoms with Gasteiger partial charge in [-0.3, -0.25) is 0 Å². The van der Waals surface area contributed by atoms with Crippen molar-refractivity contribution in [3.8, 4) is 17.0 Å². The Bertz CT molecular complexity index is 842. The fourth-order valence-electron chi connectivity index (χ4n) is 2.32. The number of nitrogens with one attached hydrogen (secondary N) is 1. The number of aromatic nitrogens is 1. The first-order chi connectivity index (χ1) is 10.5. The molecular formula is C17H17ClN2OS. The lowest BCUT2D eigenvalue weighted by Gasteiger charge is -2.08. The van der Waals surface area contributed by atoms with Gasteiger partial charge in [0.1, 0.15) is 5.75 Å². The second-order valence-electron chi connectivity index (χ2n) is 5.62. The number of halogens is 1. The Morgan fingerprint density at radius 2 is 2.05 bits per heavy atom. The van der Waals surface area contributed by atoms with Crippen molar-refractivity contribution < 1.29 is 5.11 Å². The minimum absolute atomic E-state index is 0.200. The molecule has 0 aliphatic carbocycles. The molecule has 0 saturated carbocycles. The number of fused-ring (bicyclic) bond motifs is 1. The minimum atomic E-state index is 0.200. The van der Waals surface area contributed by atoms with Crippen molar-refractivity contribution >= 4 is 38.8 Å². The number of thiophene rings is 1. The van der Waals surface area contributed by atoms with Gasteiger partial charge in [-0.2, -0.15) is 0 Å². The zero-order chi connectivity index (χ0) is 15.9. The minimum Gasteiger partial charge on any atom is -0.507 e. The third-order valence-electron chi connectivity index (χ3n) is 3.42. The van der Waals surface area contributed by atoms with Crippen molar-refractivity contribution in [3.05, 3.63) is 40.2 Å². The highest BCUT2D eigenvalue weighted by Crippen LogP contribution is 2.36. The van der Waals surface area contributed by atoms with Crippen molar-refractivity contribution in [1.82, 2.24) is 4.98 Å². The fraction of sp³-hybridized carbons (Fsp3) is 0.235. The van der Waals surface area contributed by atoms with E-state index in [0.29, 0.717) is 22.0 Å². The van der Waals surface area contributed by atoms with E-state index in [1.165, 1.54) is 0 Å². The number of rotatable bonds is 3.